The fourth-order valence-corrected chi connectivity index (χ4v) is 2.37. The molecule has 0 aliphatic carbocycles. The molecule has 0 heterocycles. The van der Waals surface area contributed by atoms with E-state index < -0.39 is 14.6 Å². The van der Waals surface area contributed by atoms with Crippen LogP contribution in [0.5, 0.6) is 5.75 Å². The number of nitrogens with zero attached hydrogens (tertiary/aromatic N) is 1. The third-order valence-electron chi connectivity index (χ3n) is 4.14. The smallest absolute Gasteiger partial charge is 0.191 e. The monoisotopic (exact) mass is 369 g/mol. The first-order chi connectivity index (χ1) is 11.6. The maximum atomic E-state index is 11.8. The highest BCUT2D eigenvalue weighted by molar-refractivity contribution is 7.92. The Morgan fingerprint density at radius 1 is 1.28 bits per heavy atom. The molecule has 0 aromatic heterocycles. The Morgan fingerprint density at radius 3 is 2.52 bits per heavy atom. The first-order valence-electron chi connectivity index (χ1n) is 8.46. The molecular weight excluding hydrogens is 338 g/mol. The van der Waals surface area contributed by atoms with E-state index in [4.69, 9.17) is 4.74 Å². The minimum absolute atomic E-state index is 0.208. The van der Waals surface area contributed by atoms with Crippen molar-refractivity contribution in [2.45, 2.75) is 38.9 Å². The van der Waals surface area contributed by atoms with Crippen molar-refractivity contribution in [3.8, 4) is 5.75 Å². The van der Waals surface area contributed by atoms with Gasteiger partial charge in [-0.3, -0.25) is 4.99 Å². The van der Waals surface area contributed by atoms with Gasteiger partial charge in [0.05, 0.1) is 18.4 Å². The molecule has 0 bridgehead atoms. The van der Waals surface area contributed by atoms with Crippen LogP contribution in [0, 0.1) is 6.92 Å². The highest BCUT2D eigenvalue weighted by Gasteiger charge is 2.29. The van der Waals surface area contributed by atoms with E-state index in [-0.39, 0.29) is 6.54 Å². The minimum atomic E-state index is -3.16. The molecule has 0 saturated carbocycles. The highest BCUT2D eigenvalue weighted by Crippen LogP contribution is 2.19. The van der Waals surface area contributed by atoms with Gasteiger partial charge in [-0.2, -0.15) is 0 Å². The van der Waals surface area contributed by atoms with E-state index in [1.807, 2.05) is 26.0 Å². The van der Waals surface area contributed by atoms with Crippen LogP contribution in [-0.2, 0) is 16.3 Å². The van der Waals surface area contributed by atoms with Crippen molar-refractivity contribution in [2.24, 2.45) is 4.99 Å². The molecule has 0 spiro atoms. The summed E-state index contributed by atoms with van der Waals surface area (Å²) in [4.78, 5) is 4.42. The summed E-state index contributed by atoms with van der Waals surface area (Å²) in [7, 11) is -1.49. The zero-order chi connectivity index (χ0) is 19.1. The molecule has 0 aliphatic rings. The van der Waals surface area contributed by atoms with Crippen LogP contribution in [-0.4, -0.2) is 52.1 Å². The lowest BCUT2D eigenvalue weighted by Gasteiger charge is -2.21. The Hall–Kier alpha value is -1.76. The van der Waals surface area contributed by atoms with Crippen LogP contribution >= 0.6 is 0 Å². The van der Waals surface area contributed by atoms with Gasteiger partial charge in [-0.05, 0) is 51.3 Å². The lowest BCUT2D eigenvalue weighted by Crippen LogP contribution is -2.41. The zero-order valence-corrected chi connectivity index (χ0v) is 17.0. The molecule has 1 aromatic carbocycles. The molecule has 7 heteroatoms. The summed E-state index contributed by atoms with van der Waals surface area (Å²) in [6.07, 6.45) is 2.06. The average Bonchev–Trinajstić information content (AvgIpc) is 2.53. The summed E-state index contributed by atoms with van der Waals surface area (Å²) in [5, 5.41) is 6.39. The number of rotatable bonds is 8. The second-order valence-electron chi connectivity index (χ2n) is 6.71. The molecule has 0 aliphatic heterocycles. The van der Waals surface area contributed by atoms with Crippen molar-refractivity contribution >= 4 is 15.8 Å². The van der Waals surface area contributed by atoms with Crippen LogP contribution in [0.15, 0.2) is 23.2 Å². The topological polar surface area (TPSA) is 79.8 Å². The van der Waals surface area contributed by atoms with Crippen molar-refractivity contribution < 1.29 is 13.2 Å². The molecule has 0 fully saturated rings. The number of hydrogen-bond donors (Lipinski definition) is 2. The third kappa shape index (κ3) is 6.57. The molecule has 25 heavy (non-hydrogen) atoms. The average molecular weight is 370 g/mol. The first kappa shape index (κ1) is 21.3. The molecule has 142 valence electrons. The Balaban J connectivity index is 2.68. The van der Waals surface area contributed by atoms with Crippen LogP contribution in [0.25, 0.3) is 0 Å². The summed E-state index contributed by atoms with van der Waals surface area (Å²) in [5.41, 5.74) is 2.28. The van der Waals surface area contributed by atoms with Gasteiger partial charge in [-0.25, -0.2) is 8.42 Å². The number of guanidine groups is 1. The number of sulfone groups is 1. The summed E-state index contributed by atoms with van der Waals surface area (Å²) < 4.78 is 28.0. The van der Waals surface area contributed by atoms with Gasteiger partial charge in [0.25, 0.3) is 0 Å². The van der Waals surface area contributed by atoms with Crippen LogP contribution in [0.4, 0.5) is 0 Å². The van der Waals surface area contributed by atoms with E-state index >= 15 is 0 Å². The Kier molecular flexibility index (Phi) is 7.73. The summed E-state index contributed by atoms with van der Waals surface area (Å²) in [5.74, 6) is 1.51. The van der Waals surface area contributed by atoms with Gasteiger partial charge in [0.15, 0.2) is 15.8 Å². The predicted molar refractivity (Wildman–Crippen MR) is 104 cm³/mol. The fourth-order valence-electron chi connectivity index (χ4n) is 2.07. The van der Waals surface area contributed by atoms with Gasteiger partial charge < -0.3 is 15.4 Å². The van der Waals surface area contributed by atoms with Gasteiger partial charge >= 0.3 is 0 Å². The van der Waals surface area contributed by atoms with E-state index in [2.05, 4.69) is 21.7 Å². The van der Waals surface area contributed by atoms with Gasteiger partial charge in [0.1, 0.15) is 5.75 Å². The van der Waals surface area contributed by atoms with Crippen molar-refractivity contribution in [1.29, 1.82) is 0 Å². The highest BCUT2D eigenvalue weighted by atomic mass is 32.2. The maximum Gasteiger partial charge on any atom is 0.191 e. The second kappa shape index (κ2) is 9.08. The number of hydrogen-bond acceptors (Lipinski definition) is 4. The van der Waals surface area contributed by atoms with Gasteiger partial charge in [0, 0.05) is 19.3 Å². The summed E-state index contributed by atoms with van der Waals surface area (Å²) in [6, 6.07) is 6.16. The molecule has 0 radical (unpaired) electrons. The Morgan fingerprint density at radius 2 is 1.96 bits per heavy atom. The molecule has 0 unspecified atom stereocenters. The Bertz CT molecular complexity index is 698. The zero-order valence-electron chi connectivity index (χ0n) is 16.1. The molecular formula is C18H31N3O3S. The van der Waals surface area contributed by atoms with Crippen molar-refractivity contribution in [2.75, 3.05) is 33.0 Å². The molecule has 2 N–H and O–H groups in total. The van der Waals surface area contributed by atoms with E-state index in [0.29, 0.717) is 19.0 Å². The first-order valence-corrected chi connectivity index (χ1v) is 10.3. The predicted octanol–water partition coefficient (Wildman–Crippen LogP) is 1.92. The third-order valence-corrected chi connectivity index (χ3v) is 6.28. The van der Waals surface area contributed by atoms with E-state index in [0.717, 1.165) is 17.7 Å². The second-order valence-corrected chi connectivity index (χ2v) is 9.36. The van der Waals surface area contributed by atoms with E-state index in [9.17, 15) is 8.42 Å². The molecule has 0 atom stereocenters. The van der Waals surface area contributed by atoms with Gasteiger partial charge in [-0.1, -0.05) is 12.1 Å². The van der Waals surface area contributed by atoms with Crippen LogP contribution in [0.2, 0.25) is 0 Å². The molecule has 1 aromatic rings. The lowest BCUT2D eigenvalue weighted by molar-refractivity contribution is 0.411. The van der Waals surface area contributed by atoms with E-state index in [1.165, 1.54) is 11.8 Å². The minimum Gasteiger partial charge on any atom is -0.496 e. The van der Waals surface area contributed by atoms with Crippen molar-refractivity contribution in [3.05, 3.63) is 29.3 Å². The van der Waals surface area contributed by atoms with E-state index in [1.54, 1.807) is 21.0 Å². The molecule has 0 saturated heterocycles. The van der Waals surface area contributed by atoms with Crippen LogP contribution < -0.4 is 15.4 Å². The summed E-state index contributed by atoms with van der Waals surface area (Å²) in [6.45, 7) is 8.98. The molecule has 0 amide bonds. The number of methoxy groups -OCH3 is 1. The van der Waals surface area contributed by atoms with Gasteiger partial charge in [0.2, 0.25) is 0 Å². The molecule has 1 rings (SSSR count). The van der Waals surface area contributed by atoms with Crippen LogP contribution in [0.1, 0.15) is 31.9 Å². The van der Waals surface area contributed by atoms with Crippen LogP contribution in [0.3, 0.4) is 0 Å². The summed E-state index contributed by atoms with van der Waals surface area (Å²) >= 11 is 0. The number of nitrogens with one attached hydrogen (secondary N) is 2. The Labute approximate surface area is 152 Å². The SMILES string of the molecule is CCNC(=NCC(C)(C)S(C)(=O)=O)NCCc1ccc(C)c(OC)c1. The number of aliphatic imine (C=N–C) groups is 1. The van der Waals surface area contributed by atoms with Crippen molar-refractivity contribution in [1.82, 2.24) is 10.6 Å². The molecule has 6 nitrogen and oxygen atoms in total. The quantitative estimate of drug-likeness (QED) is 0.541. The lowest BCUT2D eigenvalue weighted by atomic mass is 10.1. The van der Waals surface area contributed by atoms with Crippen molar-refractivity contribution in [3.63, 3.8) is 0 Å². The maximum absolute atomic E-state index is 11.8. The van der Waals surface area contributed by atoms with Gasteiger partial charge in [-0.15, -0.1) is 0 Å². The number of benzene rings is 1. The fraction of sp³-hybridized carbons (Fsp3) is 0.611. The largest absolute Gasteiger partial charge is 0.496 e. The standard InChI is InChI=1S/C18H31N3O3S/c1-7-19-17(21-13-18(3,4)25(6,22)23)20-11-10-15-9-8-14(2)16(12-15)24-5/h8-9,12H,7,10-11,13H2,1-6H3,(H2,19,20,21). The normalized spacial score (nSPS) is 12.8. The number of aryl methyl sites for hydroxylation is 1. The number of ether oxygens (including phenoxy) is 1.